The average molecular weight is 363 g/mol. The van der Waals surface area contributed by atoms with E-state index in [1.807, 2.05) is 0 Å². The fourth-order valence-corrected chi connectivity index (χ4v) is 2.74. The van der Waals surface area contributed by atoms with Crippen LogP contribution in [0.15, 0.2) is 11.1 Å². The average Bonchev–Trinajstić information content (AvgIpc) is 3.00. The number of H-pyrrole nitrogens is 1. The van der Waals surface area contributed by atoms with Gasteiger partial charge in [0.05, 0.1) is 12.9 Å². The molecule has 3 rings (SSSR count). The maximum absolute atomic E-state index is 11.7. The molecule has 1 aliphatic rings. The van der Waals surface area contributed by atoms with E-state index in [1.54, 1.807) is 0 Å². The van der Waals surface area contributed by atoms with Gasteiger partial charge in [0, 0.05) is 0 Å². The molecule has 14 heteroatoms. The van der Waals surface area contributed by atoms with Crippen molar-refractivity contribution in [2.75, 3.05) is 12.3 Å². The first-order valence-electron chi connectivity index (χ1n) is 6.61. The van der Waals surface area contributed by atoms with Gasteiger partial charge in [0.25, 0.3) is 5.56 Å². The molecule has 0 aromatic carbocycles. The molecule has 7 N–H and O–H groups in total. The van der Waals surface area contributed by atoms with Gasteiger partial charge in [0.15, 0.2) is 17.4 Å². The number of nitrogens with zero attached hydrogens (tertiary/aromatic N) is 3. The predicted molar refractivity (Wildman–Crippen MR) is 76.5 cm³/mol. The highest BCUT2D eigenvalue weighted by atomic mass is 31.2. The number of nitrogens with two attached hydrogens (primary N) is 1. The molecule has 132 valence electrons. The number of nitrogens with one attached hydrogen (secondary N) is 1. The SMILES string of the molecule is Nc1nc2c(ncn2[C@@H]2O[C@H](COP(=O)(O)O)[C@H](O)[C@@H]2O)c(=O)[nH]1. The number of imidazole rings is 1. The molecule has 1 fully saturated rings. The number of hydrogen-bond acceptors (Lipinski definition) is 9. The lowest BCUT2D eigenvalue weighted by Crippen LogP contribution is -2.33. The molecule has 0 unspecified atom stereocenters. The molecule has 1 aliphatic heterocycles. The smallest absolute Gasteiger partial charge is 0.387 e. The Morgan fingerprint density at radius 1 is 1.42 bits per heavy atom. The van der Waals surface area contributed by atoms with E-state index in [4.69, 9.17) is 20.3 Å². The summed E-state index contributed by atoms with van der Waals surface area (Å²) in [7, 11) is -4.76. The first kappa shape index (κ1) is 17.0. The summed E-state index contributed by atoms with van der Waals surface area (Å²) in [5.41, 5.74) is 4.84. The second kappa shape index (κ2) is 5.89. The number of aliphatic hydroxyl groups excluding tert-OH is 2. The fraction of sp³-hybridized carbons (Fsp3) is 0.500. The van der Waals surface area contributed by atoms with Crippen LogP contribution in [0.1, 0.15) is 6.23 Å². The van der Waals surface area contributed by atoms with Crippen molar-refractivity contribution in [2.45, 2.75) is 24.5 Å². The van der Waals surface area contributed by atoms with Crippen molar-refractivity contribution in [3.63, 3.8) is 0 Å². The zero-order chi connectivity index (χ0) is 17.6. The van der Waals surface area contributed by atoms with Crippen LogP contribution in [0.25, 0.3) is 11.2 Å². The Morgan fingerprint density at radius 3 is 2.79 bits per heavy atom. The fourth-order valence-electron chi connectivity index (χ4n) is 2.40. The minimum absolute atomic E-state index is 0.0176. The molecule has 0 aliphatic carbocycles. The zero-order valence-corrected chi connectivity index (χ0v) is 12.8. The highest BCUT2D eigenvalue weighted by molar-refractivity contribution is 7.46. The van der Waals surface area contributed by atoms with E-state index < -0.39 is 44.5 Å². The third-order valence-electron chi connectivity index (χ3n) is 3.47. The van der Waals surface area contributed by atoms with Crippen molar-refractivity contribution in [1.29, 1.82) is 0 Å². The Kier molecular flexibility index (Phi) is 4.17. The van der Waals surface area contributed by atoms with Crippen LogP contribution >= 0.6 is 7.82 Å². The summed E-state index contributed by atoms with van der Waals surface area (Å²) in [6.45, 7) is -0.651. The lowest BCUT2D eigenvalue weighted by Gasteiger charge is -2.16. The van der Waals surface area contributed by atoms with Crippen LogP contribution in [0.5, 0.6) is 0 Å². The number of rotatable bonds is 4. The highest BCUT2D eigenvalue weighted by Crippen LogP contribution is 2.38. The lowest BCUT2D eigenvalue weighted by atomic mass is 10.1. The van der Waals surface area contributed by atoms with Crippen LogP contribution in [0.3, 0.4) is 0 Å². The molecular weight excluding hydrogens is 349 g/mol. The first-order valence-corrected chi connectivity index (χ1v) is 8.14. The summed E-state index contributed by atoms with van der Waals surface area (Å²) >= 11 is 0. The second-order valence-corrected chi connectivity index (χ2v) is 6.35. The molecule has 24 heavy (non-hydrogen) atoms. The number of nitrogen functional groups attached to an aromatic ring is 1. The van der Waals surface area contributed by atoms with Gasteiger partial charge in [-0.2, -0.15) is 4.98 Å². The van der Waals surface area contributed by atoms with Crippen molar-refractivity contribution < 1.29 is 33.8 Å². The zero-order valence-electron chi connectivity index (χ0n) is 11.9. The third-order valence-corrected chi connectivity index (χ3v) is 3.95. The van der Waals surface area contributed by atoms with E-state index in [9.17, 15) is 19.6 Å². The van der Waals surface area contributed by atoms with Crippen molar-refractivity contribution in [3.8, 4) is 0 Å². The molecular formula is C10H14N5O8P. The van der Waals surface area contributed by atoms with E-state index in [2.05, 4.69) is 19.5 Å². The normalized spacial score (nSPS) is 27.8. The largest absolute Gasteiger partial charge is 0.469 e. The predicted octanol–water partition coefficient (Wildman–Crippen LogP) is -2.57. The quantitative estimate of drug-likeness (QED) is 0.311. The molecule has 13 nitrogen and oxygen atoms in total. The summed E-state index contributed by atoms with van der Waals surface area (Å²) < 4.78 is 21.6. The molecule has 0 amide bonds. The van der Waals surface area contributed by atoms with Crippen LogP contribution in [0.2, 0.25) is 0 Å². The summed E-state index contributed by atoms with van der Waals surface area (Å²) in [5.74, 6) is -0.177. The standard InChI is InChI=1S/C10H14N5O8P/c11-10-13-7-4(8(18)14-10)12-2-15(7)9-6(17)5(16)3(23-9)1-22-24(19,20)21/h2-3,5-6,9,16-17H,1H2,(H2,19,20,21)(H3,11,13,14,18)/t3-,5+,6+,9-/m1/s1. The number of aromatic nitrogens is 4. The second-order valence-electron chi connectivity index (χ2n) is 5.11. The Labute approximate surface area is 132 Å². The molecule has 0 bridgehead atoms. The van der Waals surface area contributed by atoms with Crippen LogP contribution in [0.4, 0.5) is 5.95 Å². The number of hydrogen-bond donors (Lipinski definition) is 6. The number of aliphatic hydroxyl groups is 2. The van der Waals surface area contributed by atoms with E-state index in [0.29, 0.717) is 0 Å². The van der Waals surface area contributed by atoms with Gasteiger partial charge in [-0.3, -0.25) is 18.9 Å². The van der Waals surface area contributed by atoms with Crippen molar-refractivity contribution in [3.05, 3.63) is 16.7 Å². The monoisotopic (exact) mass is 363 g/mol. The number of phosphoric ester groups is 1. The van der Waals surface area contributed by atoms with Crippen LogP contribution in [-0.4, -0.2) is 64.4 Å². The van der Waals surface area contributed by atoms with Gasteiger partial charge in [-0.1, -0.05) is 0 Å². The van der Waals surface area contributed by atoms with Crippen LogP contribution in [0, 0.1) is 0 Å². The Bertz CT molecular complexity index is 861. The number of fused-ring (bicyclic) bond motifs is 1. The van der Waals surface area contributed by atoms with E-state index in [0.717, 1.165) is 0 Å². The van der Waals surface area contributed by atoms with E-state index >= 15 is 0 Å². The molecule has 3 heterocycles. The summed E-state index contributed by atoms with van der Waals surface area (Å²) in [6, 6.07) is 0. The number of ether oxygens (including phenoxy) is 1. The molecule has 2 aromatic rings. The van der Waals surface area contributed by atoms with Crippen molar-refractivity contribution >= 4 is 24.9 Å². The molecule has 0 radical (unpaired) electrons. The van der Waals surface area contributed by atoms with Crippen molar-refractivity contribution in [1.82, 2.24) is 19.5 Å². The summed E-state index contributed by atoms with van der Waals surface area (Å²) in [6.07, 6.45) is -4.22. The number of aromatic amines is 1. The molecule has 4 atom stereocenters. The molecule has 0 saturated carbocycles. The Hall–Kier alpha value is -1.86. The summed E-state index contributed by atoms with van der Waals surface area (Å²) in [5, 5.41) is 20.1. The minimum Gasteiger partial charge on any atom is -0.387 e. The molecule has 2 aromatic heterocycles. The van der Waals surface area contributed by atoms with Gasteiger partial charge in [-0.05, 0) is 0 Å². The topological polar surface area (TPSA) is 206 Å². The number of phosphoric acid groups is 1. The van der Waals surface area contributed by atoms with Gasteiger partial charge in [0.2, 0.25) is 5.95 Å². The van der Waals surface area contributed by atoms with E-state index in [-0.39, 0.29) is 17.1 Å². The van der Waals surface area contributed by atoms with Gasteiger partial charge in [-0.15, -0.1) is 0 Å². The van der Waals surface area contributed by atoms with Gasteiger partial charge in [0.1, 0.15) is 18.3 Å². The maximum Gasteiger partial charge on any atom is 0.469 e. The molecule has 1 saturated heterocycles. The third kappa shape index (κ3) is 3.06. The Morgan fingerprint density at radius 2 is 2.12 bits per heavy atom. The van der Waals surface area contributed by atoms with Gasteiger partial charge in [-0.25, -0.2) is 9.55 Å². The van der Waals surface area contributed by atoms with Crippen molar-refractivity contribution in [2.24, 2.45) is 0 Å². The number of anilines is 1. The van der Waals surface area contributed by atoms with Gasteiger partial charge < -0.3 is 30.5 Å². The lowest BCUT2D eigenvalue weighted by molar-refractivity contribution is -0.0503. The Balaban J connectivity index is 1.90. The highest BCUT2D eigenvalue weighted by Gasteiger charge is 2.45. The summed E-state index contributed by atoms with van der Waals surface area (Å²) in [4.78, 5) is 39.1. The van der Waals surface area contributed by atoms with Crippen LogP contribution < -0.4 is 11.3 Å². The maximum atomic E-state index is 11.7. The van der Waals surface area contributed by atoms with Crippen LogP contribution in [-0.2, 0) is 13.8 Å². The first-order chi connectivity index (χ1) is 11.2. The van der Waals surface area contributed by atoms with Gasteiger partial charge >= 0.3 is 7.82 Å². The molecule has 0 spiro atoms. The van der Waals surface area contributed by atoms with E-state index in [1.165, 1.54) is 10.9 Å². The minimum atomic E-state index is -4.76.